The summed E-state index contributed by atoms with van der Waals surface area (Å²) >= 11 is 0. The minimum absolute atomic E-state index is 0.0951. The second-order valence-electron chi connectivity index (χ2n) is 6.31. The molecule has 3 aromatic rings. The number of aromatic nitrogens is 2. The Morgan fingerprint density at radius 3 is 2.76 bits per heavy atom. The number of aromatic carboxylic acids is 1. The predicted molar refractivity (Wildman–Crippen MR) is 109 cm³/mol. The van der Waals surface area contributed by atoms with Crippen molar-refractivity contribution in [2.24, 2.45) is 0 Å². The Hall–Kier alpha value is -4.05. The molecule has 2 aromatic carbocycles. The van der Waals surface area contributed by atoms with Crippen molar-refractivity contribution in [2.45, 2.75) is 6.92 Å². The van der Waals surface area contributed by atoms with Gasteiger partial charge in [0.05, 0.1) is 17.7 Å². The van der Waals surface area contributed by atoms with E-state index >= 15 is 0 Å². The molecule has 0 bridgehead atoms. The summed E-state index contributed by atoms with van der Waals surface area (Å²) in [6.45, 7) is 2.23. The number of hydrogen-bond donors (Lipinski definition) is 6. The molecule has 2 heterocycles. The van der Waals surface area contributed by atoms with E-state index in [-0.39, 0.29) is 11.1 Å². The minimum Gasteiger partial charge on any atom is -0.493 e. The molecular formula is C19H18N6O4. The molecule has 7 N–H and O–H groups in total. The van der Waals surface area contributed by atoms with Crippen molar-refractivity contribution in [3.05, 3.63) is 52.3 Å². The molecule has 0 saturated heterocycles. The summed E-state index contributed by atoms with van der Waals surface area (Å²) in [4.78, 5) is 30.7. The first kappa shape index (κ1) is 18.3. The van der Waals surface area contributed by atoms with E-state index in [1.54, 1.807) is 30.3 Å². The Kier molecular flexibility index (Phi) is 4.53. The van der Waals surface area contributed by atoms with Gasteiger partial charge in [0.1, 0.15) is 11.6 Å². The second kappa shape index (κ2) is 7.17. The summed E-state index contributed by atoms with van der Waals surface area (Å²) in [7, 11) is 0. The minimum atomic E-state index is -1.06. The maximum absolute atomic E-state index is 12.3. The molecule has 1 aliphatic heterocycles. The lowest BCUT2D eigenvalue weighted by atomic mass is 10.00. The van der Waals surface area contributed by atoms with E-state index in [0.29, 0.717) is 46.5 Å². The number of carboxylic acids is 1. The highest BCUT2D eigenvalue weighted by Gasteiger charge is 2.19. The number of carboxylic acid groups (broad SMARTS) is 1. The third-order valence-electron chi connectivity index (χ3n) is 4.36. The van der Waals surface area contributed by atoms with Gasteiger partial charge in [-0.05, 0) is 48.4 Å². The highest BCUT2D eigenvalue weighted by molar-refractivity contribution is 5.91. The highest BCUT2D eigenvalue weighted by Crippen LogP contribution is 2.34. The lowest BCUT2D eigenvalue weighted by Crippen LogP contribution is -2.21. The van der Waals surface area contributed by atoms with Gasteiger partial charge in [-0.3, -0.25) is 15.6 Å². The van der Waals surface area contributed by atoms with Crippen molar-refractivity contribution in [3.8, 4) is 28.3 Å². The monoisotopic (exact) mass is 394 g/mol. The molecule has 0 fully saturated rings. The Bertz CT molecular complexity index is 1170. The molecule has 0 aliphatic carbocycles. The average Bonchev–Trinajstić information content (AvgIpc) is 3.17. The van der Waals surface area contributed by atoms with Crippen LogP contribution in [0, 0.1) is 0 Å². The lowest BCUT2D eigenvalue weighted by molar-refractivity contribution is 0.0697. The van der Waals surface area contributed by atoms with Gasteiger partial charge in [-0.1, -0.05) is 6.07 Å². The molecule has 10 heteroatoms. The number of H-pyrrole nitrogens is 1. The van der Waals surface area contributed by atoms with Gasteiger partial charge in [0, 0.05) is 5.69 Å². The summed E-state index contributed by atoms with van der Waals surface area (Å²) in [6, 6.07) is 9.93. The lowest BCUT2D eigenvalue weighted by Gasteiger charge is -2.13. The number of anilines is 3. The van der Waals surface area contributed by atoms with Crippen LogP contribution >= 0.6 is 0 Å². The van der Waals surface area contributed by atoms with Crippen LogP contribution < -0.4 is 32.4 Å². The number of hydrazine groups is 2. The topological polar surface area (TPSA) is 154 Å². The van der Waals surface area contributed by atoms with E-state index in [1.807, 2.05) is 6.92 Å². The van der Waals surface area contributed by atoms with Crippen LogP contribution in [0.2, 0.25) is 0 Å². The van der Waals surface area contributed by atoms with E-state index in [2.05, 4.69) is 26.4 Å². The number of fused-ring (bicyclic) bond motifs is 1. The number of aromatic amines is 1. The average molecular weight is 394 g/mol. The predicted octanol–water partition coefficient (Wildman–Crippen LogP) is 2.04. The van der Waals surface area contributed by atoms with Crippen molar-refractivity contribution in [2.75, 3.05) is 23.2 Å². The Labute approximate surface area is 164 Å². The van der Waals surface area contributed by atoms with Crippen LogP contribution in [0.3, 0.4) is 0 Å². The van der Waals surface area contributed by atoms with Crippen LogP contribution in [-0.2, 0) is 0 Å². The standard InChI is InChI=1S/C19H18N6O4/c1-2-29-14-8-9(10-5-11(19(27)28)7-12(20)6-10)3-4-13(14)16-21-17-15(18(26)22-16)23-25-24-17/h3-8,23,25H,2,20H2,1H3,(H,27,28)(H2,21,22,24,26). The zero-order chi connectivity index (χ0) is 20.5. The van der Waals surface area contributed by atoms with Crippen LogP contribution in [0.25, 0.3) is 22.5 Å². The van der Waals surface area contributed by atoms with Gasteiger partial charge in [-0.25, -0.2) is 9.78 Å². The molecule has 29 heavy (non-hydrogen) atoms. The quantitative estimate of drug-likeness (QED) is 0.357. The molecule has 4 rings (SSSR count). The third-order valence-corrected chi connectivity index (χ3v) is 4.36. The van der Waals surface area contributed by atoms with E-state index in [1.165, 1.54) is 6.07 Å². The fourth-order valence-electron chi connectivity index (χ4n) is 3.07. The van der Waals surface area contributed by atoms with Crippen molar-refractivity contribution in [1.29, 1.82) is 0 Å². The fourth-order valence-corrected chi connectivity index (χ4v) is 3.07. The third kappa shape index (κ3) is 3.44. The molecule has 148 valence electrons. The summed E-state index contributed by atoms with van der Waals surface area (Å²) in [6.07, 6.45) is 0. The Morgan fingerprint density at radius 1 is 1.17 bits per heavy atom. The summed E-state index contributed by atoms with van der Waals surface area (Å²) in [5.74, 6) is 0.138. The van der Waals surface area contributed by atoms with Crippen LogP contribution in [-0.4, -0.2) is 27.7 Å². The number of hydrogen-bond acceptors (Lipinski definition) is 8. The number of nitrogens with one attached hydrogen (secondary N) is 4. The molecular weight excluding hydrogens is 376 g/mol. The van der Waals surface area contributed by atoms with E-state index in [4.69, 9.17) is 10.5 Å². The molecule has 1 aromatic heterocycles. The normalized spacial score (nSPS) is 12.0. The molecule has 0 unspecified atom stereocenters. The van der Waals surface area contributed by atoms with Gasteiger partial charge >= 0.3 is 5.97 Å². The van der Waals surface area contributed by atoms with Crippen molar-refractivity contribution in [3.63, 3.8) is 0 Å². The van der Waals surface area contributed by atoms with Crippen molar-refractivity contribution in [1.82, 2.24) is 15.5 Å². The van der Waals surface area contributed by atoms with Gasteiger partial charge < -0.3 is 20.6 Å². The fraction of sp³-hybridized carbons (Fsp3) is 0.105. The van der Waals surface area contributed by atoms with Gasteiger partial charge in [0.15, 0.2) is 11.5 Å². The molecule has 0 atom stereocenters. The first-order valence-corrected chi connectivity index (χ1v) is 8.79. The van der Waals surface area contributed by atoms with Gasteiger partial charge in [0.2, 0.25) is 0 Å². The molecule has 0 spiro atoms. The summed E-state index contributed by atoms with van der Waals surface area (Å²) < 4.78 is 5.76. The zero-order valence-electron chi connectivity index (χ0n) is 15.4. The molecule has 0 amide bonds. The van der Waals surface area contributed by atoms with Crippen LogP contribution in [0.15, 0.2) is 41.2 Å². The first-order valence-electron chi connectivity index (χ1n) is 8.79. The molecule has 0 radical (unpaired) electrons. The number of nitrogen functional groups attached to an aromatic ring is 1. The van der Waals surface area contributed by atoms with Gasteiger partial charge in [-0.15, -0.1) is 5.53 Å². The maximum Gasteiger partial charge on any atom is 0.335 e. The number of benzene rings is 2. The number of nitrogens with zero attached hydrogens (tertiary/aromatic N) is 1. The smallest absolute Gasteiger partial charge is 0.335 e. The van der Waals surface area contributed by atoms with Crippen molar-refractivity contribution < 1.29 is 14.6 Å². The van der Waals surface area contributed by atoms with Crippen molar-refractivity contribution >= 4 is 23.2 Å². The molecule has 10 nitrogen and oxygen atoms in total. The maximum atomic E-state index is 12.3. The Balaban J connectivity index is 1.82. The summed E-state index contributed by atoms with van der Waals surface area (Å²) in [5.41, 5.74) is 16.3. The van der Waals surface area contributed by atoms with E-state index in [9.17, 15) is 14.7 Å². The first-order chi connectivity index (χ1) is 14.0. The van der Waals surface area contributed by atoms with Crippen LogP contribution in [0.5, 0.6) is 5.75 Å². The van der Waals surface area contributed by atoms with Crippen LogP contribution in [0.1, 0.15) is 17.3 Å². The largest absolute Gasteiger partial charge is 0.493 e. The second-order valence-corrected chi connectivity index (χ2v) is 6.31. The SMILES string of the molecule is CCOc1cc(-c2cc(N)cc(C(=O)O)c2)ccc1-c1nc2c(c(=O)[nH]1)NNN2. The van der Waals surface area contributed by atoms with Gasteiger partial charge in [0.25, 0.3) is 5.56 Å². The van der Waals surface area contributed by atoms with Gasteiger partial charge in [-0.2, -0.15) is 0 Å². The Morgan fingerprint density at radius 2 is 2.00 bits per heavy atom. The van der Waals surface area contributed by atoms with Crippen LogP contribution in [0.4, 0.5) is 17.2 Å². The summed E-state index contributed by atoms with van der Waals surface area (Å²) in [5, 5.41) is 9.28. The van der Waals surface area contributed by atoms with E-state index in [0.717, 1.165) is 5.56 Å². The number of ether oxygens (including phenoxy) is 1. The number of carbonyl (C=O) groups is 1. The molecule has 1 aliphatic rings. The van der Waals surface area contributed by atoms with E-state index < -0.39 is 5.97 Å². The highest BCUT2D eigenvalue weighted by atomic mass is 16.5. The number of nitrogens with two attached hydrogens (primary N) is 1. The zero-order valence-corrected chi connectivity index (χ0v) is 15.4. The molecule has 0 saturated carbocycles. The number of rotatable bonds is 5.